The Morgan fingerprint density at radius 2 is 1.14 bits per heavy atom. The van der Waals surface area contributed by atoms with Crippen molar-refractivity contribution in [1.29, 1.82) is 0 Å². The van der Waals surface area contributed by atoms with Crippen molar-refractivity contribution in [3.05, 3.63) is 0 Å². The Labute approximate surface area is 267 Å². The number of carbonyl (C=O) groups is 3. The van der Waals surface area contributed by atoms with Crippen molar-refractivity contribution in [2.24, 2.45) is 63.4 Å². The minimum atomic E-state index is -0.836. The van der Waals surface area contributed by atoms with Crippen LogP contribution < -0.4 is 22.9 Å². The summed E-state index contributed by atoms with van der Waals surface area (Å²) in [6.45, 7) is 11.0. The van der Waals surface area contributed by atoms with Crippen LogP contribution in [0.5, 0.6) is 0 Å². The molecule has 0 aromatic heterocycles. The first-order valence-electron chi connectivity index (χ1n) is 17.4. The summed E-state index contributed by atoms with van der Waals surface area (Å²) in [5.41, 5.74) is 21.7. The van der Waals surface area contributed by atoms with Gasteiger partial charge < -0.3 is 38.3 Å². The van der Waals surface area contributed by atoms with Gasteiger partial charge in [-0.15, -0.1) is 0 Å². The molecule has 4 rings (SSSR count). The summed E-state index contributed by atoms with van der Waals surface area (Å²) in [4.78, 5) is 28.6. The Morgan fingerprint density at radius 1 is 0.614 bits per heavy atom. The van der Waals surface area contributed by atoms with Crippen LogP contribution in [-0.4, -0.2) is 59.4 Å². The molecular weight excluding hydrogens is 560 g/mol. The molecule has 4 aliphatic carbocycles. The van der Waals surface area contributed by atoms with Gasteiger partial charge in [0.1, 0.15) is 0 Å². The molecule has 0 radical (unpaired) electrons. The van der Waals surface area contributed by atoms with Gasteiger partial charge in [-0.1, -0.05) is 47.0 Å². The van der Waals surface area contributed by atoms with Crippen LogP contribution in [0.2, 0.25) is 0 Å². The SMILES string of the molecule is CC.CC12CCC3C(CCC4CCCC[C@@]43C)C1CC[C@@H]2CCCCN.NCCC(=O)O.NCCC(=O)O.NCCC(=O)O. The highest BCUT2D eigenvalue weighted by Gasteiger charge is 2.59. The topological polar surface area (TPSA) is 216 Å². The van der Waals surface area contributed by atoms with Gasteiger partial charge >= 0.3 is 17.9 Å². The van der Waals surface area contributed by atoms with Crippen LogP contribution >= 0.6 is 0 Å². The number of rotatable bonds is 10. The van der Waals surface area contributed by atoms with Crippen LogP contribution in [0, 0.1) is 40.4 Å². The van der Waals surface area contributed by atoms with Crippen molar-refractivity contribution in [3.63, 3.8) is 0 Å². The van der Waals surface area contributed by atoms with Crippen molar-refractivity contribution in [2.75, 3.05) is 26.2 Å². The second-order valence-corrected chi connectivity index (χ2v) is 13.3. The van der Waals surface area contributed by atoms with Gasteiger partial charge in [0, 0.05) is 19.6 Å². The highest BCUT2D eigenvalue weighted by molar-refractivity contribution is 5.67. The average molecular weight is 629 g/mol. The summed E-state index contributed by atoms with van der Waals surface area (Å²) in [6, 6.07) is 0. The molecule has 4 aliphatic rings. The van der Waals surface area contributed by atoms with Crippen LogP contribution in [0.3, 0.4) is 0 Å². The molecule has 10 nitrogen and oxygen atoms in total. The normalized spacial score (nSPS) is 31.2. The third-order valence-corrected chi connectivity index (χ3v) is 10.9. The first kappa shape index (κ1) is 42.2. The second kappa shape index (κ2) is 22.7. The van der Waals surface area contributed by atoms with Crippen molar-refractivity contribution in [3.8, 4) is 0 Å². The van der Waals surface area contributed by atoms with Crippen LogP contribution in [0.25, 0.3) is 0 Å². The fourth-order valence-corrected chi connectivity index (χ4v) is 8.78. The van der Waals surface area contributed by atoms with E-state index in [2.05, 4.69) is 13.8 Å². The second-order valence-electron chi connectivity index (χ2n) is 13.3. The molecule has 7 atom stereocenters. The fourth-order valence-electron chi connectivity index (χ4n) is 8.78. The van der Waals surface area contributed by atoms with Crippen molar-refractivity contribution in [2.45, 2.75) is 130 Å². The molecule has 4 fully saturated rings. The summed E-state index contributed by atoms with van der Waals surface area (Å²) in [6.07, 6.45) is 19.7. The van der Waals surface area contributed by atoms with Gasteiger partial charge in [-0.3, -0.25) is 14.4 Å². The van der Waals surface area contributed by atoms with Gasteiger partial charge in [-0.05, 0) is 111 Å². The molecule has 0 heterocycles. The van der Waals surface area contributed by atoms with E-state index in [1.807, 2.05) is 13.8 Å². The molecule has 0 aromatic carbocycles. The molecule has 0 bridgehead atoms. The van der Waals surface area contributed by atoms with Crippen LogP contribution in [0.1, 0.15) is 130 Å². The zero-order valence-electron chi connectivity index (χ0n) is 28.4. The molecule has 0 amide bonds. The minimum Gasteiger partial charge on any atom is -0.481 e. The highest BCUT2D eigenvalue weighted by atomic mass is 16.4. The number of aliphatic carboxylic acids is 3. The molecule has 0 aliphatic heterocycles. The summed E-state index contributed by atoms with van der Waals surface area (Å²) < 4.78 is 0. The molecule has 0 aromatic rings. The van der Waals surface area contributed by atoms with Gasteiger partial charge in [0.25, 0.3) is 0 Å². The quantitative estimate of drug-likeness (QED) is 0.152. The number of nitrogens with two attached hydrogens (primary N) is 4. The Hall–Kier alpha value is -1.75. The lowest BCUT2D eigenvalue weighted by Crippen LogP contribution is -2.52. The van der Waals surface area contributed by atoms with E-state index in [0.717, 1.165) is 36.1 Å². The van der Waals surface area contributed by atoms with E-state index in [1.54, 1.807) is 38.5 Å². The number of carboxylic acid groups (broad SMARTS) is 3. The number of fused-ring (bicyclic) bond motifs is 5. The summed E-state index contributed by atoms with van der Waals surface area (Å²) in [5, 5.41) is 23.5. The Balaban J connectivity index is 0.000000760. The molecule has 10 heteroatoms. The predicted molar refractivity (Wildman–Crippen MR) is 178 cm³/mol. The Bertz CT molecular complexity index is 777. The maximum Gasteiger partial charge on any atom is 0.304 e. The number of unbranched alkanes of at least 4 members (excludes halogenated alkanes) is 1. The smallest absolute Gasteiger partial charge is 0.304 e. The molecule has 11 N–H and O–H groups in total. The summed E-state index contributed by atoms with van der Waals surface area (Å²) >= 11 is 0. The molecule has 44 heavy (non-hydrogen) atoms. The van der Waals surface area contributed by atoms with Crippen LogP contribution in [-0.2, 0) is 14.4 Å². The first-order valence-corrected chi connectivity index (χ1v) is 17.4. The largest absolute Gasteiger partial charge is 0.481 e. The van der Waals surface area contributed by atoms with E-state index < -0.39 is 17.9 Å². The van der Waals surface area contributed by atoms with Gasteiger partial charge in [0.05, 0.1) is 19.3 Å². The third-order valence-electron chi connectivity index (χ3n) is 10.9. The summed E-state index contributed by atoms with van der Waals surface area (Å²) in [7, 11) is 0. The molecule has 0 spiro atoms. The Kier molecular flexibility index (Phi) is 21.8. The lowest BCUT2D eigenvalue weighted by molar-refractivity contribution is -0.137. The third kappa shape index (κ3) is 13.3. The lowest BCUT2D eigenvalue weighted by Gasteiger charge is -2.60. The van der Waals surface area contributed by atoms with Gasteiger partial charge in [-0.25, -0.2) is 0 Å². The maximum absolute atomic E-state index is 9.52. The van der Waals surface area contributed by atoms with Crippen LogP contribution in [0.4, 0.5) is 0 Å². The number of carboxylic acids is 3. The van der Waals surface area contributed by atoms with E-state index in [9.17, 15) is 14.4 Å². The monoisotopic (exact) mass is 629 g/mol. The Morgan fingerprint density at radius 3 is 1.59 bits per heavy atom. The highest BCUT2D eigenvalue weighted by Crippen LogP contribution is 2.67. The zero-order valence-corrected chi connectivity index (χ0v) is 28.4. The fraction of sp³-hybridized carbons (Fsp3) is 0.912. The van der Waals surface area contributed by atoms with Crippen molar-refractivity contribution < 1.29 is 29.7 Å². The molecule has 4 saturated carbocycles. The van der Waals surface area contributed by atoms with Crippen LogP contribution in [0.15, 0.2) is 0 Å². The van der Waals surface area contributed by atoms with Gasteiger partial charge in [0.2, 0.25) is 0 Å². The predicted octanol–water partition coefficient (Wildman–Crippen LogP) is 5.45. The minimum absolute atomic E-state index is 0.0694. The molecular formula is C34H68N4O6. The van der Waals surface area contributed by atoms with E-state index in [0.29, 0.717) is 10.8 Å². The van der Waals surface area contributed by atoms with E-state index in [1.165, 1.54) is 44.9 Å². The van der Waals surface area contributed by atoms with E-state index in [-0.39, 0.29) is 38.9 Å². The molecule has 0 saturated heterocycles. The maximum atomic E-state index is 9.52. The van der Waals surface area contributed by atoms with Crippen molar-refractivity contribution in [1.82, 2.24) is 0 Å². The van der Waals surface area contributed by atoms with Gasteiger partial charge in [-0.2, -0.15) is 0 Å². The average Bonchev–Trinajstić information content (AvgIpc) is 3.31. The number of hydrogen-bond donors (Lipinski definition) is 7. The zero-order chi connectivity index (χ0) is 33.8. The van der Waals surface area contributed by atoms with Crippen molar-refractivity contribution >= 4 is 17.9 Å². The summed E-state index contributed by atoms with van der Waals surface area (Å²) in [5.74, 6) is 2.76. The van der Waals surface area contributed by atoms with E-state index >= 15 is 0 Å². The van der Waals surface area contributed by atoms with E-state index in [4.69, 9.17) is 38.3 Å². The lowest BCUT2D eigenvalue weighted by atomic mass is 9.45. The number of hydrogen-bond acceptors (Lipinski definition) is 7. The van der Waals surface area contributed by atoms with Gasteiger partial charge in [0.15, 0.2) is 0 Å². The molecule has 260 valence electrons. The standard InChI is InChI=1S/C23H41N.3C3H7NO2.C2H6/c1-22-14-5-3-7-17(22)9-11-19-20-12-10-18(8-4-6-16-24)23(20,2)15-13-21(19)22;3*4-2-1-3(5)6;1-2/h17-21H,3-16,24H2,1-2H3;3*1-2,4H2,(H,5,6);1-2H3/t17?,18-,19?,20?,21?,22-,23?;;;;/m0..../s1. The first-order chi connectivity index (χ1) is 20.9. The molecule has 5 unspecified atom stereocenters.